The lowest BCUT2D eigenvalue weighted by Crippen LogP contribution is -2.32. The largest absolute Gasteiger partial charge is 0.497 e. The second kappa shape index (κ2) is 10.3. The Labute approximate surface area is 212 Å². The fourth-order valence-corrected chi connectivity index (χ4v) is 4.86. The fraction of sp³-hybridized carbons (Fsp3) is 0.267. The molecule has 5 rings (SSSR count). The molecule has 0 fully saturated rings. The lowest BCUT2D eigenvalue weighted by atomic mass is 9.95. The topological polar surface area (TPSA) is 56.6 Å². The third-order valence-electron chi connectivity index (χ3n) is 6.65. The molecule has 0 bridgehead atoms. The minimum absolute atomic E-state index is 0.00648. The van der Waals surface area contributed by atoms with Gasteiger partial charge in [-0.2, -0.15) is 5.10 Å². The van der Waals surface area contributed by atoms with Gasteiger partial charge in [-0.15, -0.1) is 0 Å². The molecule has 0 N–H and O–H groups in total. The molecule has 0 unspecified atom stereocenters. The summed E-state index contributed by atoms with van der Waals surface area (Å²) in [6, 6.07) is 26.0. The molecule has 3 aromatic carbocycles. The van der Waals surface area contributed by atoms with Crippen molar-refractivity contribution >= 4 is 5.91 Å². The van der Waals surface area contributed by atoms with E-state index < -0.39 is 0 Å². The van der Waals surface area contributed by atoms with Gasteiger partial charge < -0.3 is 14.4 Å². The third kappa shape index (κ3) is 4.47. The molecule has 1 aromatic heterocycles. The Hall–Kier alpha value is -4.06. The second-order valence-corrected chi connectivity index (χ2v) is 9.02. The highest BCUT2D eigenvalue weighted by molar-refractivity contribution is 6.00. The van der Waals surface area contributed by atoms with Crippen molar-refractivity contribution in [2.75, 3.05) is 20.3 Å². The summed E-state index contributed by atoms with van der Waals surface area (Å²) >= 11 is 0. The molecule has 0 saturated carbocycles. The van der Waals surface area contributed by atoms with Crippen LogP contribution in [0.3, 0.4) is 0 Å². The summed E-state index contributed by atoms with van der Waals surface area (Å²) in [7, 11) is 3.50. The number of benzene rings is 3. The summed E-state index contributed by atoms with van der Waals surface area (Å²) < 4.78 is 12.9. The first-order valence-corrected chi connectivity index (χ1v) is 12.4. The van der Waals surface area contributed by atoms with Crippen molar-refractivity contribution < 1.29 is 14.3 Å². The lowest BCUT2D eigenvalue weighted by Gasteiger charge is -2.27. The summed E-state index contributed by atoms with van der Waals surface area (Å²) in [5.41, 5.74) is 5.62. The highest BCUT2D eigenvalue weighted by atomic mass is 16.5. The van der Waals surface area contributed by atoms with Crippen LogP contribution < -0.4 is 9.47 Å². The molecule has 6 heteroatoms. The van der Waals surface area contributed by atoms with E-state index in [1.807, 2.05) is 66.5 Å². The number of ether oxygens (including phenoxy) is 2. The van der Waals surface area contributed by atoms with E-state index in [0.29, 0.717) is 18.8 Å². The Morgan fingerprint density at radius 1 is 0.917 bits per heavy atom. The number of carbonyl (C=O) groups excluding carboxylic acids is 1. The van der Waals surface area contributed by atoms with Crippen LogP contribution in [-0.2, 0) is 13.5 Å². The molecule has 2 heterocycles. The maximum atomic E-state index is 13.8. The molecular formula is C30H31N3O3. The minimum atomic E-state index is -0.234. The zero-order valence-corrected chi connectivity index (χ0v) is 21.0. The number of hydrogen-bond donors (Lipinski definition) is 0. The molecule has 1 aliphatic heterocycles. The average molecular weight is 482 g/mol. The van der Waals surface area contributed by atoms with E-state index in [4.69, 9.17) is 14.6 Å². The summed E-state index contributed by atoms with van der Waals surface area (Å²) in [4.78, 5) is 15.8. The van der Waals surface area contributed by atoms with E-state index in [-0.39, 0.29) is 11.9 Å². The molecular weight excluding hydrogens is 450 g/mol. The molecule has 1 aliphatic rings. The van der Waals surface area contributed by atoms with Crippen LogP contribution in [0.5, 0.6) is 11.5 Å². The predicted molar refractivity (Wildman–Crippen MR) is 140 cm³/mol. The van der Waals surface area contributed by atoms with Crippen molar-refractivity contribution in [1.82, 2.24) is 14.7 Å². The SMILES string of the molecule is CCCOc1ccc([C@@H]2c3c(-c4ccc(OC)cc4)nn(C)c3C(=O)N2CCc2ccccc2)cc1. The van der Waals surface area contributed by atoms with Crippen LogP contribution in [-0.4, -0.2) is 40.8 Å². The average Bonchev–Trinajstić information content (AvgIpc) is 3.41. The zero-order chi connectivity index (χ0) is 25.1. The number of fused-ring (bicyclic) bond motifs is 1. The Bertz CT molecular complexity index is 1330. The van der Waals surface area contributed by atoms with Crippen molar-refractivity contribution in [3.63, 3.8) is 0 Å². The number of aryl methyl sites for hydroxylation is 1. The maximum Gasteiger partial charge on any atom is 0.273 e. The summed E-state index contributed by atoms with van der Waals surface area (Å²) in [5, 5.41) is 4.80. The first-order chi connectivity index (χ1) is 17.6. The van der Waals surface area contributed by atoms with Gasteiger partial charge >= 0.3 is 0 Å². The van der Waals surface area contributed by atoms with E-state index in [1.54, 1.807) is 11.8 Å². The van der Waals surface area contributed by atoms with Gasteiger partial charge in [0.05, 0.1) is 25.5 Å². The normalized spacial score (nSPS) is 14.7. The van der Waals surface area contributed by atoms with E-state index >= 15 is 0 Å². The van der Waals surface area contributed by atoms with Gasteiger partial charge in [0.25, 0.3) is 5.91 Å². The highest BCUT2D eigenvalue weighted by Gasteiger charge is 2.43. The zero-order valence-electron chi connectivity index (χ0n) is 21.0. The van der Waals surface area contributed by atoms with E-state index in [9.17, 15) is 4.79 Å². The van der Waals surface area contributed by atoms with Crippen molar-refractivity contribution in [2.45, 2.75) is 25.8 Å². The van der Waals surface area contributed by atoms with E-state index in [0.717, 1.165) is 46.7 Å². The number of carbonyl (C=O) groups is 1. The van der Waals surface area contributed by atoms with Crippen LogP contribution in [0.4, 0.5) is 0 Å². The van der Waals surface area contributed by atoms with Crippen LogP contribution in [0.2, 0.25) is 0 Å². The van der Waals surface area contributed by atoms with Crippen LogP contribution >= 0.6 is 0 Å². The molecule has 0 radical (unpaired) electrons. The molecule has 0 aliphatic carbocycles. The molecule has 0 spiro atoms. The first-order valence-electron chi connectivity index (χ1n) is 12.4. The smallest absolute Gasteiger partial charge is 0.273 e. The van der Waals surface area contributed by atoms with Crippen LogP contribution in [0.25, 0.3) is 11.3 Å². The van der Waals surface area contributed by atoms with Crippen molar-refractivity contribution in [1.29, 1.82) is 0 Å². The number of nitrogens with zero attached hydrogens (tertiary/aromatic N) is 3. The highest BCUT2D eigenvalue weighted by Crippen LogP contribution is 2.44. The standard InChI is InChI=1S/C30H31N3O3/c1-4-20-36-25-16-12-23(13-17-25)28-26-27(22-10-14-24(35-3)15-11-22)31-32(2)29(26)30(34)33(28)19-18-21-8-6-5-7-9-21/h5-17,28H,4,18-20H2,1-3H3/t28-/m1/s1. The molecule has 184 valence electrons. The van der Waals surface area contributed by atoms with Crippen LogP contribution in [0, 0.1) is 0 Å². The van der Waals surface area contributed by atoms with Crippen molar-refractivity contribution in [3.05, 3.63) is 101 Å². The molecule has 6 nitrogen and oxygen atoms in total. The van der Waals surface area contributed by atoms with E-state index in [1.165, 1.54) is 5.56 Å². The van der Waals surface area contributed by atoms with E-state index in [2.05, 4.69) is 31.2 Å². The summed E-state index contributed by atoms with van der Waals surface area (Å²) in [6.45, 7) is 3.38. The summed E-state index contributed by atoms with van der Waals surface area (Å²) in [5.74, 6) is 1.63. The number of aromatic nitrogens is 2. The van der Waals surface area contributed by atoms with Crippen LogP contribution in [0.15, 0.2) is 78.9 Å². The quantitative estimate of drug-likeness (QED) is 0.309. The minimum Gasteiger partial charge on any atom is -0.497 e. The maximum absolute atomic E-state index is 13.8. The van der Waals surface area contributed by atoms with Gasteiger partial charge in [-0.05, 0) is 60.4 Å². The molecule has 0 saturated heterocycles. The van der Waals surface area contributed by atoms with Gasteiger partial charge in [0.2, 0.25) is 0 Å². The Kier molecular flexibility index (Phi) is 6.76. The Morgan fingerprint density at radius 3 is 2.28 bits per heavy atom. The third-order valence-corrected chi connectivity index (χ3v) is 6.65. The first kappa shape index (κ1) is 23.7. The molecule has 1 atom stereocenters. The van der Waals surface area contributed by atoms with Crippen molar-refractivity contribution in [2.24, 2.45) is 7.05 Å². The number of amides is 1. The lowest BCUT2D eigenvalue weighted by molar-refractivity contribution is 0.0742. The van der Waals surface area contributed by atoms with Gasteiger partial charge in [-0.3, -0.25) is 9.48 Å². The second-order valence-electron chi connectivity index (χ2n) is 9.02. The van der Waals surface area contributed by atoms with Gasteiger partial charge in [0.1, 0.15) is 17.2 Å². The number of rotatable bonds is 9. The van der Waals surface area contributed by atoms with Crippen LogP contribution in [0.1, 0.15) is 46.6 Å². The fourth-order valence-electron chi connectivity index (χ4n) is 4.86. The number of methoxy groups -OCH3 is 1. The Balaban J connectivity index is 1.56. The predicted octanol–water partition coefficient (Wildman–Crippen LogP) is 5.67. The monoisotopic (exact) mass is 481 g/mol. The van der Waals surface area contributed by atoms with Gasteiger partial charge in [0.15, 0.2) is 0 Å². The molecule has 36 heavy (non-hydrogen) atoms. The summed E-state index contributed by atoms with van der Waals surface area (Å²) in [6.07, 6.45) is 1.73. The number of hydrogen-bond acceptors (Lipinski definition) is 4. The van der Waals surface area contributed by atoms with Crippen molar-refractivity contribution in [3.8, 4) is 22.8 Å². The van der Waals surface area contributed by atoms with Gasteiger partial charge in [-0.25, -0.2) is 0 Å². The van der Waals surface area contributed by atoms with Gasteiger partial charge in [0, 0.05) is 24.7 Å². The Morgan fingerprint density at radius 2 is 1.61 bits per heavy atom. The molecule has 4 aromatic rings. The van der Waals surface area contributed by atoms with Gasteiger partial charge in [-0.1, -0.05) is 49.4 Å². The molecule has 1 amide bonds.